The van der Waals surface area contributed by atoms with Crippen molar-refractivity contribution < 1.29 is 4.74 Å². The molecule has 0 aliphatic rings. The van der Waals surface area contributed by atoms with E-state index < -0.39 is 0 Å². The monoisotopic (exact) mass is 135 g/mol. The third kappa shape index (κ3) is 1.29. The molecule has 0 aromatic heterocycles. The molecule has 0 heterocycles. The van der Waals surface area contributed by atoms with E-state index >= 15 is 0 Å². The van der Waals surface area contributed by atoms with Crippen molar-refractivity contribution in [1.82, 2.24) is 0 Å². The minimum absolute atomic E-state index is 0.852. The third-order valence-electron chi connectivity index (χ3n) is 1.49. The lowest BCUT2D eigenvalue weighted by Crippen LogP contribution is -1.84. The first kappa shape index (κ1) is 7.13. The predicted octanol–water partition coefficient (Wildman–Crippen LogP) is 2.47. The van der Waals surface area contributed by atoms with Crippen molar-refractivity contribution >= 4 is 0 Å². The molecule has 0 N–H and O–H groups in total. The first-order valence-electron chi connectivity index (χ1n) is 3.23. The van der Waals surface area contributed by atoms with Crippen LogP contribution < -0.4 is 4.74 Å². The van der Waals surface area contributed by atoms with Crippen LogP contribution in [0.25, 0.3) is 0 Å². The molecule has 0 radical (unpaired) electrons. The second-order valence-electron chi connectivity index (χ2n) is 2.41. The standard InChI is InChI=1S/C9H11O/c1-7-4-5-9(10-3)8(2)6-7/h4-6H,3H2,1-2H3/q-1. The lowest BCUT2D eigenvalue weighted by atomic mass is 10.1. The highest BCUT2D eigenvalue weighted by atomic mass is 16.5. The van der Waals surface area contributed by atoms with Crippen LogP contribution in [0, 0.1) is 21.0 Å². The topological polar surface area (TPSA) is 9.23 Å². The molecule has 0 aliphatic carbocycles. The molecule has 10 heavy (non-hydrogen) atoms. The van der Waals surface area contributed by atoms with Gasteiger partial charge in [-0.1, -0.05) is 17.7 Å². The molecule has 0 fully saturated rings. The Morgan fingerprint density at radius 2 is 2.00 bits per heavy atom. The maximum absolute atomic E-state index is 4.85. The molecule has 0 saturated heterocycles. The largest absolute Gasteiger partial charge is 0.665 e. The van der Waals surface area contributed by atoms with E-state index in [-0.39, 0.29) is 0 Å². The summed E-state index contributed by atoms with van der Waals surface area (Å²) in [6.07, 6.45) is 0. The molecule has 54 valence electrons. The predicted molar refractivity (Wildman–Crippen MR) is 41.9 cm³/mol. The number of hydrogen-bond donors (Lipinski definition) is 0. The van der Waals surface area contributed by atoms with E-state index in [1.807, 2.05) is 19.1 Å². The van der Waals surface area contributed by atoms with E-state index in [1.54, 1.807) is 0 Å². The van der Waals surface area contributed by atoms with Crippen LogP contribution in [0.4, 0.5) is 0 Å². The number of ether oxygens (including phenoxy) is 1. The van der Waals surface area contributed by atoms with Crippen molar-refractivity contribution in [3.05, 3.63) is 36.4 Å². The molecule has 0 spiro atoms. The highest BCUT2D eigenvalue weighted by Gasteiger charge is 1.92. The summed E-state index contributed by atoms with van der Waals surface area (Å²) in [4.78, 5) is 0. The molecule has 1 heteroatoms. The van der Waals surface area contributed by atoms with Gasteiger partial charge in [-0.25, -0.2) is 0 Å². The summed E-state index contributed by atoms with van der Waals surface area (Å²) in [7, 11) is 3.35. The molecule has 1 nitrogen and oxygen atoms in total. The average molecular weight is 135 g/mol. The Morgan fingerprint density at radius 3 is 2.50 bits per heavy atom. The molecule has 0 unspecified atom stereocenters. The summed E-state index contributed by atoms with van der Waals surface area (Å²) in [5.41, 5.74) is 2.38. The molecule has 0 atom stereocenters. The van der Waals surface area contributed by atoms with Crippen LogP contribution in [0.15, 0.2) is 18.2 Å². The molecule has 0 bridgehead atoms. The van der Waals surface area contributed by atoms with Gasteiger partial charge in [-0.2, -0.15) is 7.11 Å². The highest BCUT2D eigenvalue weighted by Crippen LogP contribution is 2.17. The van der Waals surface area contributed by atoms with Crippen LogP contribution in [-0.4, -0.2) is 0 Å². The van der Waals surface area contributed by atoms with Gasteiger partial charge in [-0.15, -0.1) is 0 Å². The zero-order valence-electron chi connectivity index (χ0n) is 6.35. The van der Waals surface area contributed by atoms with Crippen LogP contribution in [0.1, 0.15) is 11.1 Å². The van der Waals surface area contributed by atoms with Gasteiger partial charge in [0.2, 0.25) is 0 Å². The molecular weight excluding hydrogens is 124 g/mol. The zero-order chi connectivity index (χ0) is 7.56. The van der Waals surface area contributed by atoms with Gasteiger partial charge in [0.1, 0.15) is 0 Å². The fraction of sp³-hybridized carbons (Fsp3) is 0.222. The summed E-state index contributed by atoms with van der Waals surface area (Å²) in [6, 6.07) is 6.01. The van der Waals surface area contributed by atoms with Crippen LogP contribution in [0.3, 0.4) is 0 Å². The second-order valence-corrected chi connectivity index (χ2v) is 2.41. The van der Waals surface area contributed by atoms with E-state index in [1.165, 1.54) is 5.56 Å². The molecular formula is C9H11O-. The van der Waals surface area contributed by atoms with Crippen LogP contribution in [-0.2, 0) is 0 Å². The van der Waals surface area contributed by atoms with E-state index in [2.05, 4.69) is 20.1 Å². The van der Waals surface area contributed by atoms with Gasteiger partial charge in [0.15, 0.2) is 0 Å². The minimum Gasteiger partial charge on any atom is -0.665 e. The Balaban J connectivity index is 3.07. The second kappa shape index (κ2) is 2.74. The van der Waals surface area contributed by atoms with Crippen molar-refractivity contribution in [3.8, 4) is 5.75 Å². The molecule has 1 aromatic rings. The quantitative estimate of drug-likeness (QED) is 0.537. The van der Waals surface area contributed by atoms with Gasteiger partial charge in [0, 0.05) is 0 Å². The summed E-state index contributed by atoms with van der Waals surface area (Å²) in [6.45, 7) is 4.06. The van der Waals surface area contributed by atoms with Gasteiger partial charge >= 0.3 is 0 Å². The maximum Gasteiger partial charge on any atom is 0.0873 e. The number of hydrogen-bond acceptors (Lipinski definition) is 1. The van der Waals surface area contributed by atoms with Crippen LogP contribution in [0.2, 0.25) is 0 Å². The van der Waals surface area contributed by atoms with E-state index in [0.717, 1.165) is 11.3 Å². The maximum atomic E-state index is 4.85. The first-order chi connectivity index (χ1) is 4.74. The summed E-state index contributed by atoms with van der Waals surface area (Å²) < 4.78 is 4.85. The van der Waals surface area contributed by atoms with Crippen molar-refractivity contribution in [1.29, 1.82) is 0 Å². The fourth-order valence-electron chi connectivity index (χ4n) is 0.961. The van der Waals surface area contributed by atoms with Crippen molar-refractivity contribution in [2.45, 2.75) is 13.8 Å². The van der Waals surface area contributed by atoms with Crippen LogP contribution >= 0.6 is 0 Å². The Labute approximate surface area is 61.6 Å². The highest BCUT2D eigenvalue weighted by molar-refractivity contribution is 5.35. The SMILES string of the molecule is [CH2-]Oc1ccc(C)cc1C. The molecule has 0 amide bonds. The number of aryl methyl sites for hydroxylation is 2. The van der Waals surface area contributed by atoms with E-state index in [9.17, 15) is 0 Å². The van der Waals surface area contributed by atoms with Gasteiger partial charge in [0.05, 0.1) is 5.75 Å². The van der Waals surface area contributed by atoms with E-state index in [4.69, 9.17) is 4.74 Å². The van der Waals surface area contributed by atoms with Crippen molar-refractivity contribution in [2.24, 2.45) is 0 Å². The van der Waals surface area contributed by atoms with Crippen LogP contribution in [0.5, 0.6) is 5.75 Å². The first-order valence-corrected chi connectivity index (χ1v) is 3.23. The van der Waals surface area contributed by atoms with E-state index in [0.29, 0.717) is 0 Å². The Bertz CT molecular complexity index is 228. The molecule has 0 aliphatic heterocycles. The Morgan fingerprint density at radius 1 is 1.30 bits per heavy atom. The average Bonchev–Trinajstić information content (AvgIpc) is 1.88. The minimum atomic E-state index is 0.852. The summed E-state index contributed by atoms with van der Waals surface area (Å²) in [5, 5.41) is 0. The third-order valence-corrected chi connectivity index (χ3v) is 1.49. The summed E-state index contributed by atoms with van der Waals surface area (Å²) in [5.74, 6) is 0.852. The summed E-state index contributed by atoms with van der Waals surface area (Å²) >= 11 is 0. The lowest BCUT2D eigenvalue weighted by Gasteiger charge is -2.09. The number of benzene rings is 1. The van der Waals surface area contributed by atoms with Crippen molar-refractivity contribution in [2.75, 3.05) is 0 Å². The smallest absolute Gasteiger partial charge is 0.0873 e. The fourth-order valence-corrected chi connectivity index (χ4v) is 0.961. The molecule has 1 rings (SSSR count). The van der Waals surface area contributed by atoms with Gasteiger partial charge in [-0.05, 0) is 25.5 Å². The Kier molecular flexibility index (Phi) is 1.95. The number of rotatable bonds is 1. The van der Waals surface area contributed by atoms with Gasteiger partial charge < -0.3 is 4.74 Å². The normalized spacial score (nSPS) is 9.50. The van der Waals surface area contributed by atoms with Gasteiger partial charge in [0.25, 0.3) is 0 Å². The molecule has 0 saturated carbocycles. The zero-order valence-corrected chi connectivity index (χ0v) is 6.35. The van der Waals surface area contributed by atoms with Gasteiger partial charge in [-0.3, -0.25) is 0 Å². The lowest BCUT2D eigenvalue weighted by molar-refractivity contribution is 0.469. The Hall–Kier alpha value is -0.980. The molecule has 1 aromatic carbocycles. The van der Waals surface area contributed by atoms with Crippen molar-refractivity contribution in [3.63, 3.8) is 0 Å².